The van der Waals surface area contributed by atoms with E-state index in [0.29, 0.717) is 16.5 Å². The Morgan fingerprint density at radius 1 is 1.37 bits per heavy atom. The number of amides is 1. The highest BCUT2D eigenvalue weighted by atomic mass is 35.5. The molecular formula is C13H18ClN3O2. The Kier molecular flexibility index (Phi) is 4.50. The van der Waals surface area contributed by atoms with Gasteiger partial charge in [0.25, 0.3) is 5.91 Å². The largest absolute Gasteiger partial charge is 0.482 e. The molecule has 1 heterocycles. The normalized spacial score (nSPS) is 16.4. The molecular weight excluding hydrogens is 266 g/mol. The van der Waals surface area contributed by atoms with E-state index in [-0.39, 0.29) is 12.5 Å². The van der Waals surface area contributed by atoms with Crippen LogP contribution >= 0.6 is 11.6 Å². The first-order valence-corrected chi connectivity index (χ1v) is 6.58. The van der Waals surface area contributed by atoms with Gasteiger partial charge >= 0.3 is 0 Å². The van der Waals surface area contributed by atoms with Crippen molar-refractivity contribution in [1.29, 1.82) is 0 Å². The second-order valence-corrected chi connectivity index (χ2v) is 5.07. The number of hydrogen-bond donors (Lipinski definition) is 1. The maximum absolute atomic E-state index is 12.0. The Morgan fingerprint density at radius 3 is 2.74 bits per heavy atom. The van der Waals surface area contributed by atoms with E-state index in [2.05, 4.69) is 4.90 Å². The molecule has 5 nitrogen and oxygen atoms in total. The van der Waals surface area contributed by atoms with Crippen molar-refractivity contribution in [3.8, 4) is 5.75 Å². The van der Waals surface area contributed by atoms with Crippen LogP contribution in [0.2, 0.25) is 5.02 Å². The fourth-order valence-electron chi connectivity index (χ4n) is 1.92. The van der Waals surface area contributed by atoms with Crippen LogP contribution < -0.4 is 10.5 Å². The maximum Gasteiger partial charge on any atom is 0.260 e. The molecule has 2 N–H and O–H groups in total. The topological polar surface area (TPSA) is 58.8 Å². The molecule has 1 amide bonds. The monoisotopic (exact) mass is 283 g/mol. The molecule has 0 atom stereocenters. The summed E-state index contributed by atoms with van der Waals surface area (Å²) in [6, 6.07) is 4.98. The zero-order valence-electron chi connectivity index (χ0n) is 10.9. The standard InChI is InChI=1S/C13H18ClN3O2/c1-16-4-6-17(7-5-16)13(18)9-19-12-8-10(15)2-3-11(12)14/h2-3,8H,4-7,9,15H2,1H3. The molecule has 0 bridgehead atoms. The van der Waals surface area contributed by atoms with Crippen molar-refractivity contribution in [3.63, 3.8) is 0 Å². The number of benzene rings is 1. The summed E-state index contributed by atoms with van der Waals surface area (Å²) in [5.74, 6) is 0.427. The summed E-state index contributed by atoms with van der Waals surface area (Å²) in [4.78, 5) is 16.0. The summed E-state index contributed by atoms with van der Waals surface area (Å²) < 4.78 is 5.44. The van der Waals surface area contributed by atoms with Gasteiger partial charge in [0.15, 0.2) is 6.61 Å². The molecule has 1 saturated heterocycles. The summed E-state index contributed by atoms with van der Waals surface area (Å²) in [7, 11) is 2.05. The predicted octanol–water partition coefficient (Wildman–Crippen LogP) is 1.07. The maximum atomic E-state index is 12.0. The quantitative estimate of drug-likeness (QED) is 0.843. The van der Waals surface area contributed by atoms with Gasteiger partial charge in [0, 0.05) is 37.9 Å². The highest BCUT2D eigenvalue weighted by molar-refractivity contribution is 6.32. The molecule has 0 aliphatic carbocycles. The molecule has 0 saturated carbocycles. The Labute approximate surface area is 117 Å². The van der Waals surface area contributed by atoms with Crippen molar-refractivity contribution in [1.82, 2.24) is 9.80 Å². The molecule has 104 valence electrons. The Bertz CT molecular complexity index is 459. The lowest BCUT2D eigenvalue weighted by molar-refractivity contribution is -0.134. The molecule has 1 aliphatic rings. The van der Waals surface area contributed by atoms with Crippen LogP contribution in [0.4, 0.5) is 5.69 Å². The third kappa shape index (κ3) is 3.75. The molecule has 1 aromatic carbocycles. The first kappa shape index (κ1) is 14.0. The summed E-state index contributed by atoms with van der Waals surface area (Å²) in [5.41, 5.74) is 6.21. The van der Waals surface area contributed by atoms with E-state index < -0.39 is 0 Å². The van der Waals surface area contributed by atoms with Gasteiger partial charge < -0.3 is 20.3 Å². The number of anilines is 1. The van der Waals surface area contributed by atoms with Crippen LogP contribution in [0.25, 0.3) is 0 Å². The van der Waals surface area contributed by atoms with Gasteiger partial charge in [-0.15, -0.1) is 0 Å². The second-order valence-electron chi connectivity index (χ2n) is 4.66. The Balaban J connectivity index is 1.88. The van der Waals surface area contributed by atoms with Crippen LogP contribution in [0.5, 0.6) is 5.75 Å². The smallest absolute Gasteiger partial charge is 0.260 e. The number of carbonyl (C=O) groups excluding carboxylic acids is 1. The van der Waals surface area contributed by atoms with Crippen molar-refractivity contribution in [3.05, 3.63) is 23.2 Å². The van der Waals surface area contributed by atoms with E-state index in [0.717, 1.165) is 26.2 Å². The Hall–Kier alpha value is -1.46. The highest BCUT2D eigenvalue weighted by Crippen LogP contribution is 2.26. The number of nitrogens with two attached hydrogens (primary N) is 1. The number of piperazine rings is 1. The van der Waals surface area contributed by atoms with Gasteiger partial charge in [-0.3, -0.25) is 4.79 Å². The molecule has 2 rings (SSSR count). The van der Waals surface area contributed by atoms with Gasteiger partial charge in [0.05, 0.1) is 5.02 Å². The minimum absolute atomic E-state index is 0.00706. The summed E-state index contributed by atoms with van der Waals surface area (Å²) in [5, 5.41) is 0.459. The van der Waals surface area contributed by atoms with Gasteiger partial charge in [-0.05, 0) is 19.2 Å². The zero-order chi connectivity index (χ0) is 13.8. The van der Waals surface area contributed by atoms with E-state index in [4.69, 9.17) is 22.1 Å². The predicted molar refractivity (Wildman–Crippen MR) is 75.4 cm³/mol. The fourth-order valence-corrected chi connectivity index (χ4v) is 2.09. The van der Waals surface area contributed by atoms with E-state index in [9.17, 15) is 4.79 Å². The molecule has 0 spiro atoms. The lowest BCUT2D eigenvalue weighted by Crippen LogP contribution is -2.48. The fraction of sp³-hybridized carbons (Fsp3) is 0.462. The van der Waals surface area contributed by atoms with Crippen LogP contribution in [0.15, 0.2) is 18.2 Å². The van der Waals surface area contributed by atoms with Crippen LogP contribution in [-0.4, -0.2) is 55.5 Å². The van der Waals surface area contributed by atoms with Gasteiger partial charge in [0.1, 0.15) is 5.75 Å². The summed E-state index contributed by atoms with van der Waals surface area (Å²) in [6.07, 6.45) is 0. The molecule has 0 unspecified atom stereocenters. The summed E-state index contributed by atoms with van der Waals surface area (Å²) in [6.45, 7) is 3.26. The number of rotatable bonds is 3. The summed E-state index contributed by atoms with van der Waals surface area (Å²) >= 11 is 5.97. The number of likely N-dealkylation sites (N-methyl/N-ethyl adjacent to an activating group) is 1. The van der Waals surface area contributed by atoms with E-state index in [1.54, 1.807) is 23.1 Å². The zero-order valence-corrected chi connectivity index (χ0v) is 11.7. The van der Waals surface area contributed by atoms with E-state index in [1.165, 1.54) is 0 Å². The van der Waals surface area contributed by atoms with E-state index in [1.807, 2.05) is 7.05 Å². The van der Waals surface area contributed by atoms with Crippen molar-refractivity contribution in [2.45, 2.75) is 0 Å². The molecule has 0 aromatic heterocycles. The van der Waals surface area contributed by atoms with Crippen LogP contribution in [-0.2, 0) is 4.79 Å². The SMILES string of the molecule is CN1CCN(C(=O)COc2cc(N)ccc2Cl)CC1. The molecule has 19 heavy (non-hydrogen) atoms. The van der Waals surface area contributed by atoms with Crippen LogP contribution in [0, 0.1) is 0 Å². The van der Waals surface area contributed by atoms with Crippen molar-refractivity contribution in [2.24, 2.45) is 0 Å². The molecule has 1 fully saturated rings. The second kappa shape index (κ2) is 6.12. The third-order valence-corrected chi connectivity index (χ3v) is 3.47. The lowest BCUT2D eigenvalue weighted by Gasteiger charge is -2.32. The molecule has 1 aliphatic heterocycles. The number of halogens is 1. The average molecular weight is 284 g/mol. The number of hydrogen-bond acceptors (Lipinski definition) is 4. The third-order valence-electron chi connectivity index (χ3n) is 3.16. The minimum atomic E-state index is -0.0217. The van der Waals surface area contributed by atoms with Crippen molar-refractivity contribution < 1.29 is 9.53 Å². The number of nitrogens with zero attached hydrogens (tertiary/aromatic N) is 2. The minimum Gasteiger partial charge on any atom is -0.482 e. The molecule has 0 radical (unpaired) electrons. The van der Waals surface area contributed by atoms with Gasteiger partial charge in [-0.1, -0.05) is 11.6 Å². The molecule has 1 aromatic rings. The van der Waals surface area contributed by atoms with Crippen molar-refractivity contribution >= 4 is 23.2 Å². The first-order chi connectivity index (χ1) is 9.06. The van der Waals surface area contributed by atoms with Gasteiger partial charge in [0.2, 0.25) is 0 Å². The lowest BCUT2D eigenvalue weighted by atomic mass is 10.3. The number of nitrogen functional groups attached to an aromatic ring is 1. The van der Waals surface area contributed by atoms with Crippen molar-refractivity contribution in [2.75, 3.05) is 45.6 Å². The van der Waals surface area contributed by atoms with Crippen LogP contribution in [0.1, 0.15) is 0 Å². The van der Waals surface area contributed by atoms with Gasteiger partial charge in [-0.25, -0.2) is 0 Å². The number of carbonyl (C=O) groups is 1. The first-order valence-electron chi connectivity index (χ1n) is 6.20. The van der Waals surface area contributed by atoms with E-state index >= 15 is 0 Å². The number of ether oxygens (including phenoxy) is 1. The molecule has 6 heteroatoms. The highest BCUT2D eigenvalue weighted by Gasteiger charge is 2.19. The van der Waals surface area contributed by atoms with Crippen LogP contribution in [0.3, 0.4) is 0 Å². The van der Waals surface area contributed by atoms with Gasteiger partial charge in [-0.2, -0.15) is 0 Å². The average Bonchev–Trinajstić information content (AvgIpc) is 2.40. The Morgan fingerprint density at radius 2 is 2.05 bits per heavy atom.